The van der Waals surface area contributed by atoms with Gasteiger partial charge in [-0.25, -0.2) is 0 Å². The van der Waals surface area contributed by atoms with E-state index in [2.05, 4.69) is 12.2 Å². The Morgan fingerprint density at radius 3 is 2.79 bits per heavy atom. The van der Waals surface area contributed by atoms with Crippen molar-refractivity contribution in [3.8, 4) is 0 Å². The Labute approximate surface area is 87.6 Å². The SMILES string of the molecule is CCCC1CC1NCC1CCCC1N. The van der Waals surface area contributed by atoms with Crippen LogP contribution in [-0.4, -0.2) is 18.6 Å². The highest BCUT2D eigenvalue weighted by Crippen LogP contribution is 2.35. The second-order valence-corrected chi connectivity index (χ2v) is 5.15. The Bertz CT molecular complexity index is 181. The molecule has 2 heteroatoms. The van der Waals surface area contributed by atoms with Crippen LogP contribution in [0.2, 0.25) is 0 Å². The van der Waals surface area contributed by atoms with Gasteiger partial charge in [0.1, 0.15) is 0 Å². The average molecular weight is 196 g/mol. The summed E-state index contributed by atoms with van der Waals surface area (Å²) in [6.07, 6.45) is 8.10. The van der Waals surface area contributed by atoms with Gasteiger partial charge in [-0.15, -0.1) is 0 Å². The van der Waals surface area contributed by atoms with Crippen LogP contribution in [0.3, 0.4) is 0 Å². The van der Waals surface area contributed by atoms with Gasteiger partial charge in [0, 0.05) is 12.1 Å². The lowest BCUT2D eigenvalue weighted by molar-refractivity contribution is 0.433. The molecule has 2 nitrogen and oxygen atoms in total. The monoisotopic (exact) mass is 196 g/mol. The van der Waals surface area contributed by atoms with Crippen LogP contribution in [0.1, 0.15) is 45.4 Å². The Morgan fingerprint density at radius 1 is 1.29 bits per heavy atom. The zero-order valence-corrected chi connectivity index (χ0v) is 9.34. The highest BCUT2D eigenvalue weighted by molar-refractivity contribution is 4.94. The van der Waals surface area contributed by atoms with Crippen molar-refractivity contribution in [2.24, 2.45) is 17.6 Å². The van der Waals surface area contributed by atoms with Crippen molar-refractivity contribution in [1.29, 1.82) is 0 Å². The summed E-state index contributed by atoms with van der Waals surface area (Å²) in [4.78, 5) is 0. The van der Waals surface area contributed by atoms with E-state index in [4.69, 9.17) is 5.73 Å². The summed E-state index contributed by atoms with van der Waals surface area (Å²) in [5.74, 6) is 1.75. The summed E-state index contributed by atoms with van der Waals surface area (Å²) in [6, 6.07) is 1.31. The van der Waals surface area contributed by atoms with Crippen molar-refractivity contribution in [3.63, 3.8) is 0 Å². The standard InChI is InChI=1S/C12H24N2/c1-2-4-9-7-12(9)14-8-10-5-3-6-11(10)13/h9-12,14H,2-8,13H2,1H3. The van der Waals surface area contributed by atoms with E-state index < -0.39 is 0 Å². The molecule has 0 aliphatic heterocycles. The normalized spacial score (nSPS) is 41.6. The average Bonchev–Trinajstić information content (AvgIpc) is 2.78. The summed E-state index contributed by atoms with van der Waals surface area (Å²) in [6.45, 7) is 3.45. The van der Waals surface area contributed by atoms with Gasteiger partial charge >= 0.3 is 0 Å². The van der Waals surface area contributed by atoms with Gasteiger partial charge in [0.25, 0.3) is 0 Å². The summed E-state index contributed by atoms with van der Waals surface area (Å²) in [7, 11) is 0. The van der Waals surface area contributed by atoms with Gasteiger partial charge in [0.2, 0.25) is 0 Å². The molecule has 0 amide bonds. The molecule has 0 heterocycles. The fourth-order valence-electron chi connectivity index (χ4n) is 2.81. The van der Waals surface area contributed by atoms with Crippen LogP contribution in [-0.2, 0) is 0 Å². The number of hydrogen-bond acceptors (Lipinski definition) is 2. The van der Waals surface area contributed by atoms with Crippen LogP contribution in [0.4, 0.5) is 0 Å². The lowest BCUT2D eigenvalue weighted by Gasteiger charge is -2.15. The molecule has 0 spiro atoms. The number of hydrogen-bond donors (Lipinski definition) is 2. The maximum Gasteiger partial charge on any atom is 0.00992 e. The van der Waals surface area contributed by atoms with Crippen LogP contribution in [0.15, 0.2) is 0 Å². The predicted molar refractivity (Wildman–Crippen MR) is 60.1 cm³/mol. The molecule has 82 valence electrons. The van der Waals surface area contributed by atoms with Crippen molar-refractivity contribution in [2.45, 2.75) is 57.5 Å². The molecule has 4 atom stereocenters. The van der Waals surface area contributed by atoms with Gasteiger partial charge < -0.3 is 11.1 Å². The Kier molecular flexibility index (Phi) is 3.45. The number of nitrogens with two attached hydrogens (primary N) is 1. The minimum atomic E-state index is 0.478. The summed E-state index contributed by atoms with van der Waals surface area (Å²) >= 11 is 0. The smallest absolute Gasteiger partial charge is 0.00992 e. The second kappa shape index (κ2) is 4.63. The third-order valence-corrected chi connectivity index (χ3v) is 3.94. The first kappa shape index (κ1) is 10.4. The summed E-state index contributed by atoms with van der Waals surface area (Å²) in [5.41, 5.74) is 6.04. The maximum absolute atomic E-state index is 6.04. The molecule has 14 heavy (non-hydrogen) atoms. The lowest BCUT2D eigenvalue weighted by atomic mass is 10.0. The van der Waals surface area contributed by atoms with E-state index in [1.165, 1.54) is 45.1 Å². The molecule has 4 unspecified atom stereocenters. The Balaban J connectivity index is 1.59. The predicted octanol–water partition coefficient (Wildman–Crippen LogP) is 1.89. The minimum absolute atomic E-state index is 0.478. The minimum Gasteiger partial charge on any atom is -0.327 e. The summed E-state index contributed by atoms with van der Waals surface area (Å²) < 4.78 is 0. The second-order valence-electron chi connectivity index (χ2n) is 5.15. The van der Waals surface area contributed by atoms with Crippen LogP contribution < -0.4 is 11.1 Å². The van der Waals surface area contributed by atoms with Crippen LogP contribution in [0, 0.1) is 11.8 Å². The van der Waals surface area contributed by atoms with E-state index in [0.29, 0.717) is 6.04 Å². The van der Waals surface area contributed by atoms with E-state index >= 15 is 0 Å². The summed E-state index contributed by atoms with van der Waals surface area (Å²) in [5, 5.41) is 3.68. The highest BCUT2D eigenvalue weighted by atomic mass is 15.0. The molecule has 2 fully saturated rings. The van der Waals surface area contributed by atoms with Crippen molar-refractivity contribution < 1.29 is 0 Å². The first-order valence-corrected chi connectivity index (χ1v) is 6.30. The molecule has 2 saturated carbocycles. The van der Waals surface area contributed by atoms with Gasteiger partial charge in [-0.3, -0.25) is 0 Å². The van der Waals surface area contributed by atoms with E-state index in [0.717, 1.165) is 17.9 Å². The topological polar surface area (TPSA) is 38.0 Å². The van der Waals surface area contributed by atoms with E-state index in [1.54, 1.807) is 0 Å². The molecule has 0 aromatic carbocycles. The van der Waals surface area contributed by atoms with Crippen molar-refractivity contribution in [3.05, 3.63) is 0 Å². The lowest BCUT2D eigenvalue weighted by Crippen LogP contribution is -2.34. The zero-order chi connectivity index (χ0) is 9.97. The van der Waals surface area contributed by atoms with Gasteiger partial charge in [0.15, 0.2) is 0 Å². The van der Waals surface area contributed by atoms with Gasteiger partial charge in [-0.2, -0.15) is 0 Å². The fourth-order valence-corrected chi connectivity index (χ4v) is 2.81. The molecule has 0 saturated heterocycles. The van der Waals surface area contributed by atoms with Crippen LogP contribution >= 0.6 is 0 Å². The molecule has 0 radical (unpaired) electrons. The molecule has 0 aromatic heterocycles. The van der Waals surface area contributed by atoms with Gasteiger partial charge in [-0.1, -0.05) is 19.8 Å². The van der Waals surface area contributed by atoms with Gasteiger partial charge in [-0.05, 0) is 44.1 Å². The quantitative estimate of drug-likeness (QED) is 0.704. The van der Waals surface area contributed by atoms with Crippen molar-refractivity contribution >= 4 is 0 Å². The van der Waals surface area contributed by atoms with E-state index in [9.17, 15) is 0 Å². The van der Waals surface area contributed by atoms with Crippen molar-refractivity contribution in [2.75, 3.05) is 6.54 Å². The number of nitrogens with one attached hydrogen (secondary N) is 1. The van der Waals surface area contributed by atoms with Crippen molar-refractivity contribution in [1.82, 2.24) is 5.32 Å². The molecule has 0 aromatic rings. The highest BCUT2D eigenvalue weighted by Gasteiger charge is 2.36. The third kappa shape index (κ3) is 2.48. The fraction of sp³-hybridized carbons (Fsp3) is 1.00. The molecular formula is C12H24N2. The zero-order valence-electron chi connectivity index (χ0n) is 9.34. The molecule has 0 bridgehead atoms. The first-order valence-electron chi connectivity index (χ1n) is 6.30. The maximum atomic E-state index is 6.04. The Morgan fingerprint density at radius 2 is 2.14 bits per heavy atom. The third-order valence-electron chi connectivity index (χ3n) is 3.94. The first-order chi connectivity index (χ1) is 6.81. The van der Waals surface area contributed by atoms with E-state index in [1.807, 2.05) is 0 Å². The largest absolute Gasteiger partial charge is 0.327 e. The number of rotatable bonds is 5. The molecule has 2 aliphatic carbocycles. The molecule has 2 aliphatic rings. The Hall–Kier alpha value is -0.0800. The molecular weight excluding hydrogens is 172 g/mol. The van der Waals surface area contributed by atoms with E-state index in [-0.39, 0.29) is 0 Å². The molecule has 2 rings (SSSR count). The van der Waals surface area contributed by atoms with Crippen LogP contribution in [0.5, 0.6) is 0 Å². The molecule has 3 N–H and O–H groups in total. The van der Waals surface area contributed by atoms with Gasteiger partial charge in [0.05, 0.1) is 0 Å². The van der Waals surface area contributed by atoms with Crippen LogP contribution in [0.25, 0.3) is 0 Å².